The fourth-order valence-corrected chi connectivity index (χ4v) is 2.29. The summed E-state index contributed by atoms with van der Waals surface area (Å²) in [5, 5.41) is 2.83. The van der Waals surface area contributed by atoms with E-state index < -0.39 is 0 Å². The van der Waals surface area contributed by atoms with Gasteiger partial charge in [-0.25, -0.2) is 9.18 Å². The highest BCUT2D eigenvalue weighted by molar-refractivity contribution is 5.75. The standard InChI is InChI=1S/C17H24FN3O/c1-13(2)14(3)12-19-17(22)21-10-8-20(9-11-21)16-7-5-4-6-15(16)18/h4-7,12-13H,8-11H2,1-3H3,(H,19,22)/b14-12+. The van der Waals surface area contributed by atoms with Gasteiger partial charge in [-0.2, -0.15) is 0 Å². The van der Waals surface area contributed by atoms with E-state index in [0.29, 0.717) is 37.8 Å². The summed E-state index contributed by atoms with van der Waals surface area (Å²) in [6.07, 6.45) is 1.77. The molecule has 120 valence electrons. The molecule has 0 saturated carbocycles. The molecule has 0 radical (unpaired) electrons. The first-order valence-corrected chi connectivity index (χ1v) is 7.70. The number of para-hydroxylation sites is 1. The zero-order chi connectivity index (χ0) is 16.1. The van der Waals surface area contributed by atoms with Gasteiger partial charge in [-0.1, -0.05) is 31.6 Å². The molecule has 1 heterocycles. The zero-order valence-corrected chi connectivity index (χ0v) is 13.5. The SMILES string of the molecule is C/C(=C\NC(=O)N1CCN(c2ccccc2F)CC1)C(C)C. The smallest absolute Gasteiger partial charge is 0.321 e. The Hall–Kier alpha value is -2.04. The van der Waals surface area contributed by atoms with Crippen molar-refractivity contribution in [1.29, 1.82) is 0 Å². The van der Waals surface area contributed by atoms with Gasteiger partial charge in [0.1, 0.15) is 5.82 Å². The van der Waals surface area contributed by atoms with Crippen molar-refractivity contribution in [2.75, 3.05) is 31.1 Å². The van der Waals surface area contributed by atoms with E-state index in [1.54, 1.807) is 23.2 Å². The minimum absolute atomic E-state index is 0.0896. The molecule has 1 aliphatic rings. The Morgan fingerprint density at radius 3 is 2.45 bits per heavy atom. The topological polar surface area (TPSA) is 35.6 Å². The average molecular weight is 305 g/mol. The van der Waals surface area contributed by atoms with Crippen molar-refractivity contribution in [3.8, 4) is 0 Å². The predicted octanol–water partition coefficient (Wildman–Crippen LogP) is 3.22. The maximum atomic E-state index is 13.8. The molecule has 1 aliphatic heterocycles. The second kappa shape index (κ2) is 7.29. The van der Waals surface area contributed by atoms with Crippen LogP contribution in [0.15, 0.2) is 36.0 Å². The van der Waals surface area contributed by atoms with Gasteiger partial charge in [-0.15, -0.1) is 0 Å². The first-order valence-electron chi connectivity index (χ1n) is 7.70. The van der Waals surface area contributed by atoms with Gasteiger partial charge in [-0.05, 0) is 25.0 Å². The lowest BCUT2D eigenvalue weighted by molar-refractivity contribution is 0.198. The van der Waals surface area contributed by atoms with Gasteiger partial charge in [0.05, 0.1) is 5.69 Å². The van der Waals surface area contributed by atoms with Crippen molar-refractivity contribution < 1.29 is 9.18 Å². The number of allylic oxidation sites excluding steroid dienone is 1. The van der Waals surface area contributed by atoms with Gasteiger partial charge in [0.25, 0.3) is 0 Å². The van der Waals surface area contributed by atoms with E-state index in [1.165, 1.54) is 6.07 Å². The number of benzene rings is 1. The normalized spacial score (nSPS) is 16.1. The third kappa shape index (κ3) is 4.00. The number of amides is 2. The molecule has 1 N–H and O–H groups in total. The lowest BCUT2D eigenvalue weighted by atomic mass is 10.1. The number of carbonyl (C=O) groups excluding carboxylic acids is 1. The molecular weight excluding hydrogens is 281 g/mol. The van der Waals surface area contributed by atoms with Gasteiger partial charge in [0, 0.05) is 32.4 Å². The van der Waals surface area contributed by atoms with Crippen molar-refractivity contribution in [2.24, 2.45) is 5.92 Å². The van der Waals surface area contributed by atoms with E-state index in [4.69, 9.17) is 0 Å². The van der Waals surface area contributed by atoms with Crippen LogP contribution in [-0.2, 0) is 0 Å². The molecule has 1 saturated heterocycles. The molecular formula is C17H24FN3O. The second-order valence-electron chi connectivity index (χ2n) is 5.92. The third-order valence-corrected chi connectivity index (χ3v) is 4.09. The molecule has 22 heavy (non-hydrogen) atoms. The molecule has 1 fully saturated rings. The van der Waals surface area contributed by atoms with Crippen molar-refractivity contribution in [1.82, 2.24) is 10.2 Å². The van der Waals surface area contributed by atoms with Crippen LogP contribution in [-0.4, -0.2) is 37.1 Å². The maximum absolute atomic E-state index is 13.8. The summed E-state index contributed by atoms with van der Waals surface area (Å²) in [4.78, 5) is 15.9. The number of piperazine rings is 1. The summed E-state index contributed by atoms with van der Waals surface area (Å²) < 4.78 is 13.8. The Balaban J connectivity index is 1.88. The monoisotopic (exact) mass is 305 g/mol. The maximum Gasteiger partial charge on any atom is 0.321 e. The Bertz CT molecular complexity index is 549. The van der Waals surface area contributed by atoms with Gasteiger partial charge < -0.3 is 15.1 Å². The molecule has 0 spiro atoms. The number of anilines is 1. The third-order valence-electron chi connectivity index (χ3n) is 4.09. The minimum atomic E-state index is -0.212. The van der Waals surface area contributed by atoms with Crippen molar-refractivity contribution in [3.63, 3.8) is 0 Å². The first kappa shape index (κ1) is 16.3. The second-order valence-corrected chi connectivity index (χ2v) is 5.92. The van der Waals surface area contributed by atoms with Crippen LogP contribution in [0.1, 0.15) is 20.8 Å². The predicted molar refractivity (Wildman–Crippen MR) is 87.3 cm³/mol. The number of carbonyl (C=O) groups is 1. The molecule has 0 aromatic heterocycles. The number of urea groups is 1. The van der Waals surface area contributed by atoms with Gasteiger partial charge in [0.2, 0.25) is 0 Å². The summed E-state index contributed by atoms with van der Waals surface area (Å²) in [5.74, 6) is 0.203. The number of rotatable bonds is 3. The van der Waals surface area contributed by atoms with E-state index in [1.807, 2.05) is 17.9 Å². The molecule has 1 aromatic rings. The van der Waals surface area contributed by atoms with Crippen LogP contribution < -0.4 is 10.2 Å². The van der Waals surface area contributed by atoms with Gasteiger partial charge >= 0.3 is 6.03 Å². The number of nitrogens with one attached hydrogen (secondary N) is 1. The van der Waals surface area contributed by atoms with Crippen LogP contribution in [0.2, 0.25) is 0 Å². The molecule has 1 aromatic carbocycles. The molecule has 0 bridgehead atoms. The summed E-state index contributed by atoms with van der Waals surface area (Å²) >= 11 is 0. The first-order chi connectivity index (χ1) is 10.5. The Morgan fingerprint density at radius 1 is 1.23 bits per heavy atom. The minimum Gasteiger partial charge on any atom is -0.366 e. The van der Waals surface area contributed by atoms with Crippen LogP contribution >= 0.6 is 0 Å². The lowest BCUT2D eigenvalue weighted by Gasteiger charge is -2.36. The number of hydrogen-bond donors (Lipinski definition) is 1. The Morgan fingerprint density at radius 2 is 1.86 bits per heavy atom. The van der Waals surface area contributed by atoms with Crippen LogP contribution in [0.4, 0.5) is 14.9 Å². The largest absolute Gasteiger partial charge is 0.366 e. The van der Waals surface area contributed by atoms with E-state index >= 15 is 0 Å². The molecule has 0 aliphatic carbocycles. The average Bonchev–Trinajstić information content (AvgIpc) is 2.52. The van der Waals surface area contributed by atoms with Crippen molar-refractivity contribution in [2.45, 2.75) is 20.8 Å². The van der Waals surface area contributed by atoms with Gasteiger partial charge in [0.15, 0.2) is 0 Å². The van der Waals surface area contributed by atoms with Gasteiger partial charge in [-0.3, -0.25) is 0 Å². The molecule has 4 nitrogen and oxygen atoms in total. The van der Waals surface area contributed by atoms with Crippen molar-refractivity contribution >= 4 is 11.7 Å². The molecule has 0 atom stereocenters. The molecule has 2 rings (SSSR count). The number of halogens is 1. The van der Waals surface area contributed by atoms with E-state index in [2.05, 4.69) is 19.2 Å². The highest BCUT2D eigenvalue weighted by atomic mass is 19.1. The summed E-state index contributed by atoms with van der Waals surface area (Å²) in [6, 6.07) is 6.67. The number of nitrogens with zero attached hydrogens (tertiary/aromatic N) is 2. The highest BCUT2D eigenvalue weighted by Gasteiger charge is 2.22. The highest BCUT2D eigenvalue weighted by Crippen LogP contribution is 2.20. The van der Waals surface area contributed by atoms with E-state index in [-0.39, 0.29) is 11.8 Å². The Labute approximate surface area is 131 Å². The van der Waals surface area contributed by atoms with E-state index in [0.717, 1.165) is 5.57 Å². The fourth-order valence-electron chi connectivity index (χ4n) is 2.29. The zero-order valence-electron chi connectivity index (χ0n) is 13.5. The summed E-state index contributed by atoms with van der Waals surface area (Å²) in [5.41, 5.74) is 1.75. The number of hydrogen-bond acceptors (Lipinski definition) is 2. The Kier molecular flexibility index (Phi) is 5.41. The van der Waals surface area contributed by atoms with Crippen LogP contribution in [0, 0.1) is 11.7 Å². The van der Waals surface area contributed by atoms with Crippen molar-refractivity contribution in [3.05, 3.63) is 41.9 Å². The van der Waals surface area contributed by atoms with Crippen LogP contribution in [0.3, 0.4) is 0 Å². The fraction of sp³-hybridized carbons (Fsp3) is 0.471. The van der Waals surface area contributed by atoms with Crippen LogP contribution in [0.5, 0.6) is 0 Å². The molecule has 2 amide bonds. The van der Waals surface area contributed by atoms with Crippen LogP contribution in [0.25, 0.3) is 0 Å². The molecule has 0 unspecified atom stereocenters. The quantitative estimate of drug-likeness (QED) is 0.930. The molecule has 5 heteroatoms. The summed E-state index contributed by atoms with van der Waals surface area (Å²) in [6.45, 7) is 8.64. The summed E-state index contributed by atoms with van der Waals surface area (Å²) in [7, 11) is 0. The van der Waals surface area contributed by atoms with E-state index in [9.17, 15) is 9.18 Å². The lowest BCUT2D eigenvalue weighted by Crippen LogP contribution is -2.51.